The van der Waals surface area contributed by atoms with E-state index in [2.05, 4.69) is 10.0 Å². The van der Waals surface area contributed by atoms with Crippen molar-refractivity contribution in [2.75, 3.05) is 13.1 Å². The monoisotopic (exact) mass is 302 g/mol. The molecule has 0 unspecified atom stereocenters. The lowest BCUT2D eigenvalue weighted by molar-refractivity contribution is -0.197. The standard InChI is InChI=1S/C17H19ClN2O/c18-15-9-7-14(8-10-15)17(16-6-2-3-11-19-16)21-20-12-4-1-5-13-20/h2-3,6-11,17H,1,4-5,12-13H2/t17-/m0/s1. The van der Waals surface area contributed by atoms with Crippen molar-refractivity contribution in [3.05, 3.63) is 64.9 Å². The highest BCUT2D eigenvalue weighted by Gasteiger charge is 2.21. The molecule has 1 saturated heterocycles. The molecule has 21 heavy (non-hydrogen) atoms. The number of piperidine rings is 1. The fourth-order valence-corrected chi connectivity index (χ4v) is 2.70. The van der Waals surface area contributed by atoms with Crippen LogP contribution >= 0.6 is 11.6 Å². The maximum atomic E-state index is 6.23. The number of nitrogens with zero attached hydrogens (tertiary/aromatic N) is 2. The van der Waals surface area contributed by atoms with Crippen LogP contribution in [0.2, 0.25) is 5.02 Å². The van der Waals surface area contributed by atoms with Crippen LogP contribution in [0.25, 0.3) is 0 Å². The summed E-state index contributed by atoms with van der Waals surface area (Å²) in [6.07, 6.45) is 5.29. The highest BCUT2D eigenvalue weighted by Crippen LogP contribution is 2.27. The molecule has 0 aliphatic carbocycles. The molecular formula is C17H19ClN2O. The van der Waals surface area contributed by atoms with E-state index in [0.717, 1.165) is 29.4 Å². The van der Waals surface area contributed by atoms with Gasteiger partial charge in [0.05, 0.1) is 5.69 Å². The zero-order valence-electron chi connectivity index (χ0n) is 11.9. The van der Waals surface area contributed by atoms with E-state index >= 15 is 0 Å². The first-order valence-electron chi connectivity index (χ1n) is 7.41. The molecule has 1 atom stereocenters. The molecule has 1 aliphatic heterocycles. The van der Waals surface area contributed by atoms with E-state index in [1.807, 2.05) is 42.5 Å². The van der Waals surface area contributed by atoms with Crippen LogP contribution in [0, 0.1) is 0 Å². The van der Waals surface area contributed by atoms with E-state index in [9.17, 15) is 0 Å². The number of hydrogen-bond donors (Lipinski definition) is 0. The fourth-order valence-electron chi connectivity index (χ4n) is 2.57. The Kier molecular flexibility index (Phi) is 4.86. The van der Waals surface area contributed by atoms with Crippen molar-refractivity contribution < 1.29 is 4.84 Å². The van der Waals surface area contributed by atoms with Gasteiger partial charge in [-0.05, 0) is 42.7 Å². The molecule has 0 amide bonds. The number of hydroxylamine groups is 2. The smallest absolute Gasteiger partial charge is 0.146 e. The normalized spacial score (nSPS) is 17.6. The molecule has 0 N–H and O–H groups in total. The Labute approximate surface area is 130 Å². The van der Waals surface area contributed by atoms with Gasteiger partial charge in [-0.25, -0.2) is 0 Å². The van der Waals surface area contributed by atoms with Gasteiger partial charge in [0.15, 0.2) is 0 Å². The Morgan fingerprint density at radius 2 is 1.76 bits per heavy atom. The minimum absolute atomic E-state index is 0.179. The molecule has 2 heterocycles. The third kappa shape index (κ3) is 3.82. The predicted octanol–water partition coefficient (Wildman–Crippen LogP) is 4.24. The summed E-state index contributed by atoms with van der Waals surface area (Å²) in [5.41, 5.74) is 1.99. The van der Waals surface area contributed by atoms with Gasteiger partial charge in [-0.15, -0.1) is 0 Å². The molecule has 1 fully saturated rings. The van der Waals surface area contributed by atoms with Gasteiger partial charge in [0.25, 0.3) is 0 Å². The molecule has 110 valence electrons. The quantitative estimate of drug-likeness (QED) is 0.844. The van der Waals surface area contributed by atoms with Gasteiger partial charge < -0.3 is 0 Å². The molecule has 1 aromatic carbocycles. The first-order chi connectivity index (χ1) is 10.3. The van der Waals surface area contributed by atoms with Crippen LogP contribution in [0.5, 0.6) is 0 Å². The summed E-state index contributed by atoms with van der Waals surface area (Å²) in [5, 5.41) is 2.80. The third-order valence-electron chi connectivity index (χ3n) is 3.70. The number of benzene rings is 1. The zero-order valence-corrected chi connectivity index (χ0v) is 12.7. The van der Waals surface area contributed by atoms with Crippen LogP contribution < -0.4 is 0 Å². The second kappa shape index (κ2) is 7.03. The van der Waals surface area contributed by atoms with E-state index in [4.69, 9.17) is 16.4 Å². The van der Waals surface area contributed by atoms with Gasteiger partial charge in [0, 0.05) is 24.3 Å². The molecular weight excluding hydrogens is 284 g/mol. The highest BCUT2D eigenvalue weighted by atomic mass is 35.5. The Hall–Kier alpha value is -1.42. The largest absolute Gasteiger partial charge is 0.284 e. The number of pyridine rings is 1. The van der Waals surface area contributed by atoms with E-state index in [1.165, 1.54) is 19.3 Å². The lowest BCUT2D eigenvalue weighted by atomic mass is 10.1. The summed E-state index contributed by atoms with van der Waals surface area (Å²) < 4.78 is 0. The summed E-state index contributed by atoms with van der Waals surface area (Å²) >= 11 is 5.99. The molecule has 1 aliphatic rings. The van der Waals surface area contributed by atoms with Crippen LogP contribution in [0.3, 0.4) is 0 Å². The average molecular weight is 303 g/mol. The summed E-state index contributed by atoms with van der Waals surface area (Å²) in [7, 11) is 0. The van der Waals surface area contributed by atoms with E-state index < -0.39 is 0 Å². The molecule has 0 spiro atoms. The van der Waals surface area contributed by atoms with Gasteiger partial charge >= 0.3 is 0 Å². The minimum Gasteiger partial charge on any atom is -0.284 e. The van der Waals surface area contributed by atoms with Gasteiger partial charge in [0.1, 0.15) is 6.10 Å². The first-order valence-corrected chi connectivity index (χ1v) is 7.79. The maximum absolute atomic E-state index is 6.23. The van der Waals surface area contributed by atoms with Crippen LogP contribution in [0.4, 0.5) is 0 Å². The molecule has 4 heteroatoms. The van der Waals surface area contributed by atoms with Crippen molar-refractivity contribution in [3.63, 3.8) is 0 Å². The lowest BCUT2D eigenvalue weighted by Gasteiger charge is -2.30. The molecule has 1 aromatic heterocycles. The topological polar surface area (TPSA) is 25.4 Å². The number of rotatable bonds is 4. The summed E-state index contributed by atoms with van der Waals surface area (Å²) in [6, 6.07) is 13.7. The zero-order chi connectivity index (χ0) is 14.5. The maximum Gasteiger partial charge on any atom is 0.146 e. The van der Waals surface area contributed by atoms with Crippen LogP contribution in [0.1, 0.15) is 36.6 Å². The van der Waals surface area contributed by atoms with Crippen molar-refractivity contribution in [1.82, 2.24) is 10.0 Å². The fraction of sp³-hybridized carbons (Fsp3) is 0.353. The second-order valence-corrected chi connectivity index (χ2v) is 5.72. The number of hydrogen-bond acceptors (Lipinski definition) is 3. The number of halogens is 1. The molecule has 3 rings (SSSR count). The molecule has 2 aromatic rings. The molecule has 0 saturated carbocycles. The first kappa shape index (κ1) is 14.5. The Morgan fingerprint density at radius 3 is 2.43 bits per heavy atom. The Bertz CT molecular complexity index is 553. The van der Waals surface area contributed by atoms with Gasteiger partial charge in [-0.3, -0.25) is 9.82 Å². The van der Waals surface area contributed by atoms with Crippen molar-refractivity contribution in [1.29, 1.82) is 0 Å². The minimum atomic E-state index is -0.179. The molecule has 0 radical (unpaired) electrons. The summed E-state index contributed by atoms with van der Waals surface area (Å²) in [5.74, 6) is 0. The van der Waals surface area contributed by atoms with Crippen molar-refractivity contribution in [2.24, 2.45) is 0 Å². The van der Waals surface area contributed by atoms with E-state index in [1.54, 1.807) is 6.20 Å². The van der Waals surface area contributed by atoms with Crippen molar-refractivity contribution in [3.8, 4) is 0 Å². The Morgan fingerprint density at radius 1 is 1.00 bits per heavy atom. The van der Waals surface area contributed by atoms with Crippen molar-refractivity contribution >= 4 is 11.6 Å². The van der Waals surface area contributed by atoms with Crippen LogP contribution in [-0.4, -0.2) is 23.1 Å². The van der Waals surface area contributed by atoms with Gasteiger partial charge in [-0.1, -0.05) is 36.2 Å². The second-order valence-electron chi connectivity index (χ2n) is 5.28. The average Bonchev–Trinajstić information content (AvgIpc) is 2.55. The summed E-state index contributed by atoms with van der Waals surface area (Å²) in [6.45, 7) is 1.97. The van der Waals surface area contributed by atoms with Crippen LogP contribution in [-0.2, 0) is 4.84 Å². The molecule has 0 bridgehead atoms. The number of aromatic nitrogens is 1. The van der Waals surface area contributed by atoms with Crippen LogP contribution in [0.15, 0.2) is 48.7 Å². The van der Waals surface area contributed by atoms with Gasteiger partial charge in [-0.2, -0.15) is 5.06 Å². The lowest BCUT2D eigenvalue weighted by Crippen LogP contribution is -2.32. The predicted molar refractivity (Wildman–Crippen MR) is 84.0 cm³/mol. The SMILES string of the molecule is Clc1ccc([C@H](ON2CCCCC2)c2ccccn2)cc1. The third-order valence-corrected chi connectivity index (χ3v) is 3.95. The van der Waals surface area contributed by atoms with Crippen molar-refractivity contribution in [2.45, 2.75) is 25.4 Å². The van der Waals surface area contributed by atoms with Gasteiger partial charge in [0.2, 0.25) is 0 Å². The van der Waals surface area contributed by atoms with E-state index in [0.29, 0.717) is 0 Å². The molecule has 3 nitrogen and oxygen atoms in total. The summed E-state index contributed by atoms with van der Waals surface area (Å²) in [4.78, 5) is 10.7. The highest BCUT2D eigenvalue weighted by molar-refractivity contribution is 6.30. The van der Waals surface area contributed by atoms with E-state index in [-0.39, 0.29) is 6.10 Å². The Balaban J connectivity index is 1.85.